The molecule has 1 aliphatic carbocycles. The number of aromatic nitrogens is 1. The highest BCUT2D eigenvalue weighted by atomic mass is 16.6. The minimum Gasteiger partial charge on any atom is -0.367 e. The van der Waals surface area contributed by atoms with Gasteiger partial charge in [-0.15, -0.1) is 0 Å². The van der Waals surface area contributed by atoms with E-state index < -0.39 is 0 Å². The van der Waals surface area contributed by atoms with E-state index in [9.17, 15) is 10.1 Å². The Labute approximate surface area is 123 Å². The summed E-state index contributed by atoms with van der Waals surface area (Å²) in [4.78, 5) is 15.0. The van der Waals surface area contributed by atoms with Crippen molar-refractivity contribution in [2.24, 2.45) is 5.92 Å². The lowest BCUT2D eigenvalue weighted by atomic mass is 10.1. The fraction of sp³-hybridized carbons (Fsp3) is 0.438. The van der Waals surface area contributed by atoms with Gasteiger partial charge in [0.15, 0.2) is 0 Å². The van der Waals surface area contributed by atoms with Gasteiger partial charge >= 0.3 is 0 Å². The van der Waals surface area contributed by atoms with Crippen molar-refractivity contribution < 1.29 is 4.92 Å². The predicted octanol–water partition coefficient (Wildman–Crippen LogP) is 4.13. The first-order valence-corrected chi connectivity index (χ1v) is 7.47. The van der Waals surface area contributed by atoms with E-state index in [-0.39, 0.29) is 10.6 Å². The summed E-state index contributed by atoms with van der Waals surface area (Å²) in [5.74, 6) is 1.73. The molecule has 1 saturated carbocycles. The molecule has 110 valence electrons. The summed E-state index contributed by atoms with van der Waals surface area (Å²) in [6.07, 6.45) is 4.99. The van der Waals surface area contributed by atoms with E-state index in [0.29, 0.717) is 6.04 Å². The Hall–Kier alpha value is -2.17. The minimum absolute atomic E-state index is 0.102. The zero-order valence-corrected chi connectivity index (χ0v) is 12.1. The molecule has 5 heteroatoms. The lowest BCUT2D eigenvalue weighted by Gasteiger charge is -2.17. The molecule has 0 spiro atoms. The molecule has 3 rings (SSSR count). The topological polar surface area (TPSA) is 68.1 Å². The van der Waals surface area contributed by atoms with Crippen molar-refractivity contribution in [1.29, 1.82) is 0 Å². The van der Waals surface area contributed by atoms with E-state index in [1.54, 1.807) is 12.1 Å². The zero-order chi connectivity index (χ0) is 14.8. The molecule has 2 aromatic rings. The van der Waals surface area contributed by atoms with Crippen LogP contribution in [0.15, 0.2) is 30.3 Å². The number of fused-ring (bicyclic) bond motifs is 1. The third kappa shape index (κ3) is 3.29. The highest BCUT2D eigenvalue weighted by Gasteiger charge is 2.24. The summed E-state index contributed by atoms with van der Waals surface area (Å²) in [6, 6.07) is 9.03. The second kappa shape index (κ2) is 5.68. The van der Waals surface area contributed by atoms with Gasteiger partial charge in [0.2, 0.25) is 0 Å². The fourth-order valence-electron chi connectivity index (χ4n) is 2.60. The van der Waals surface area contributed by atoms with Gasteiger partial charge in [-0.3, -0.25) is 10.1 Å². The molecule has 1 unspecified atom stereocenters. The Morgan fingerprint density at radius 3 is 2.86 bits per heavy atom. The molecule has 1 heterocycles. The first-order chi connectivity index (χ1) is 10.2. The summed E-state index contributed by atoms with van der Waals surface area (Å²) in [5, 5.41) is 15.1. The SMILES string of the molecule is CCC(CC1CC1)Nc1ccc2cc([N+](=O)[O-])ccc2n1. The molecule has 0 amide bonds. The second-order valence-corrected chi connectivity index (χ2v) is 5.76. The van der Waals surface area contributed by atoms with E-state index in [2.05, 4.69) is 17.2 Å². The maximum absolute atomic E-state index is 10.8. The quantitative estimate of drug-likeness (QED) is 0.640. The van der Waals surface area contributed by atoms with Gasteiger partial charge < -0.3 is 5.32 Å². The standard InChI is InChI=1S/C16H19N3O2/c1-2-13(9-11-3-4-11)17-16-8-5-12-10-14(19(20)21)6-7-15(12)18-16/h5-8,10-11,13H,2-4,9H2,1H3,(H,17,18). The molecule has 1 aromatic heterocycles. The molecule has 1 aliphatic rings. The van der Waals surface area contributed by atoms with E-state index >= 15 is 0 Å². The number of benzene rings is 1. The summed E-state index contributed by atoms with van der Waals surface area (Å²) in [6.45, 7) is 2.18. The van der Waals surface area contributed by atoms with Crippen molar-refractivity contribution in [3.05, 3.63) is 40.4 Å². The Morgan fingerprint density at radius 1 is 1.38 bits per heavy atom. The zero-order valence-electron chi connectivity index (χ0n) is 12.1. The van der Waals surface area contributed by atoms with Crippen LogP contribution in [0.25, 0.3) is 10.9 Å². The van der Waals surface area contributed by atoms with E-state index in [4.69, 9.17) is 0 Å². The molecule has 0 aliphatic heterocycles. The van der Waals surface area contributed by atoms with Crippen LogP contribution in [-0.4, -0.2) is 15.9 Å². The van der Waals surface area contributed by atoms with Crippen molar-refractivity contribution in [1.82, 2.24) is 4.98 Å². The van der Waals surface area contributed by atoms with Crippen LogP contribution in [0.4, 0.5) is 11.5 Å². The average molecular weight is 285 g/mol. The molecular weight excluding hydrogens is 266 g/mol. The van der Waals surface area contributed by atoms with Gasteiger partial charge in [-0.2, -0.15) is 0 Å². The molecule has 5 nitrogen and oxygen atoms in total. The highest BCUT2D eigenvalue weighted by Crippen LogP contribution is 2.34. The predicted molar refractivity (Wildman–Crippen MR) is 83.4 cm³/mol. The number of nitro groups is 1. The smallest absolute Gasteiger partial charge is 0.270 e. The van der Waals surface area contributed by atoms with Crippen LogP contribution < -0.4 is 5.32 Å². The van der Waals surface area contributed by atoms with Crippen LogP contribution in [0, 0.1) is 16.0 Å². The molecule has 0 saturated heterocycles. The number of nitrogens with one attached hydrogen (secondary N) is 1. The van der Waals surface area contributed by atoms with Gasteiger partial charge in [-0.25, -0.2) is 4.98 Å². The largest absolute Gasteiger partial charge is 0.367 e. The van der Waals surface area contributed by atoms with Gasteiger partial charge in [0, 0.05) is 23.6 Å². The maximum Gasteiger partial charge on any atom is 0.270 e. The van der Waals surface area contributed by atoms with Crippen LogP contribution in [0.2, 0.25) is 0 Å². The van der Waals surface area contributed by atoms with Gasteiger partial charge in [-0.05, 0) is 37.0 Å². The minimum atomic E-state index is -0.381. The van der Waals surface area contributed by atoms with Gasteiger partial charge in [0.25, 0.3) is 5.69 Å². The molecule has 21 heavy (non-hydrogen) atoms. The van der Waals surface area contributed by atoms with Gasteiger partial charge in [0.05, 0.1) is 10.4 Å². The van der Waals surface area contributed by atoms with Crippen LogP contribution in [-0.2, 0) is 0 Å². The Morgan fingerprint density at radius 2 is 2.19 bits per heavy atom. The fourth-order valence-corrected chi connectivity index (χ4v) is 2.60. The number of hydrogen-bond donors (Lipinski definition) is 1. The molecule has 0 radical (unpaired) electrons. The third-order valence-corrected chi connectivity index (χ3v) is 4.04. The van der Waals surface area contributed by atoms with Gasteiger partial charge in [0.1, 0.15) is 5.82 Å². The Balaban J connectivity index is 1.79. The average Bonchev–Trinajstić information content (AvgIpc) is 3.29. The summed E-state index contributed by atoms with van der Waals surface area (Å²) < 4.78 is 0. The van der Waals surface area contributed by atoms with Gasteiger partial charge in [-0.1, -0.05) is 19.8 Å². The summed E-state index contributed by atoms with van der Waals surface area (Å²) in [5.41, 5.74) is 0.886. The monoisotopic (exact) mass is 285 g/mol. The number of hydrogen-bond acceptors (Lipinski definition) is 4. The van der Waals surface area contributed by atoms with Crippen molar-refractivity contribution in [2.45, 2.75) is 38.6 Å². The molecule has 1 fully saturated rings. The van der Waals surface area contributed by atoms with Crippen molar-refractivity contribution in [3.63, 3.8) is 0 Å². The van der Waals surface area contributed by atoms with Crippen molar-refractivity contribution in [2.75, 3.05) is 5.32 Å². The first kappa shape index (κ1) is 13.8. The normalized spacial score (nSPS) is 15.9. The number of anilines is 1. The number of nitrogens with zero attached hydrogens (tertiary/aromatic N) is 2. The third-order valence-electron chi connectivity index (χ3n) is 4.04. The van der Waals surface area contributed by atoms with E-state index in [0.717, 1.165) is 29.1 Å². The number of non-ortho nitro benzene ring substituents is 1. The second-order valence-electron chi connectivity index (χ2n) is 5.76. The van der Waals surface area contributed by atoms with Crippen LogP contribution in [0.1, 0.15) is 32.6 Å². The highest BCUT2D eigenvalue weighted by molar-refractivity contribution is 5.82. The van der Waals surface area contributed by atoms with Crippen LogP contribution in [0.5, 0.6) is 0 Å². The van der Waals surface area contributed by atoms with Crippen molar-refractivity contribution >= 4 is 22.4 Å². The Kier molecular flexibility index (Phi) is 3.73. The maximum atomic E-state index is 10.8. The van der Waals surface area contributed by atoms with E-state index in [1.807, 2.05) is 12.1 Å². The molecule has 1 N–H and O–H groups in total. The molecule has 1 aromatic carbocycles. The molecule has 0 bridgehead atoms. The lowest BCUT2D eigenvalue weighted by Crippen LogP contribution is -2.19. The summed E-state index contributed by atoms with van der Waals surface area (Å²) >= 11 is 0. The van der Waals surface area contributed by atoms with E-state index in [1.165, 1.54) is 25.3 Å². The number of nitro benzene ring substituents is 1. The van der Waals surface area contributed by atoms with Crippen molar-refractivity contribution in [3.8, 4) is 0 Å². The molecular formula is C16H19N3O2. The van der Waals surface area contributed by atoms with Crippen LogP contribution >= 0.6 is 0 Å². The van der Waals surface area contributed by atoms with Crippen LogP contribution in [0.3, 0.4) is 0 Å². The number of rotatable bonds is 6. The Bertz CT molecular complexity index is 668. The summed E-state index contributed by atoms with van der Waals surface area (Å²) in [7, 11) is 0. The lowest BCUT2D eigenvalue weighted by molar-refractivity contribution is -0.384. The number of pyridine rings is 1. The first-order valence-electron chi connectivity index (χ1n) is 7.47. The molecule has 1 atom stereocenters.